The van der Waals surface area contributed by atoms with Crippen molar-refractivity contribution >= 4 is 17.9 Å². The van der Waals surface area contributed by atoms with Gasteiger partial charge in [0.05, 0.1) is 18.1 Å². The van der Waals surface area contributed by atoms with Gasteiger partial charge in [-0.05, 0) is 97.2 Å². The van der Waals surface area contributed by atoms with Gasteiger partial charge < -0.3 is 19.7 Å². The normalized spacial score (nSPS) is 50.7. The van der Waals surface area contributed by atoms with Crippen LogP contribution >= 0.6 is 0 Å². The Balaban J connectivity index is 1.61. The molecule has 4 fully saturated rings. The molecule has 0 amide bonds. The van der Waals surface area contributed by atoms with E-state index in [0.29, 0.717) is 24.7 Å². The molecule has 0 aromatic heterocycles. The molecule has 41 heavy (non-hydrogen) atoms. The molecule has 5 aliphatic carbocycles. The van der Waals surface area contributed by atoms with E-state index in [2.05, 4.69) is 40.7 Å². The second-order valence-corrected chi connectivity index (χ2v) is 15.7. The molecule has 4 saturated carbocycles. The number of aliphatic hydroxyl groups excluding tert-OH is 1. The zero-order valence-corrected chi connectivity index (χ0v) is 26.4. The maximum absolute atomic E-state index is 13.0. The highest BCUT2D eigenvalue weighted by atomic mass is 16.6. The summed E-state index contributed by atoms with van der Waals surface area (Å²) in [6.45, 7) is 16.6. The van der Waals surface area contributed by atoms with Crippen molar-refractivity contribution in [2.75, 3.05) is 6.61 Å². The van der Waals surface area contributed by atoms with Gasteiger partial charge in [0, 0.05) is 19.3 Å². The molecule has 0 aromatic rings. The molecule has 0 radical (unpaired) electrons. The summed E-state index contributed by atoms with van der Waals surface area (Å²) in [5.74, 6) is -0.265. The first-order chi connectivity index (χ1) is 19.0. The summed E-state index contributed by atoms with van der Waals surface area (Å²) in [4.78, 5) is 37.0. The maximum atomic E-state index is 13.0. The van der Waals surface area contributed by atoms with Crippen LogP contribution in [0.25, 0.3) is 0 Å². The van der Waals surface area contributed by atoms with Gasteiger partial charge in [0.1, 0.15) is 6.10 Å². The SMILES string of the molecule is CC(=O)OC[C@@]1(C)[C@H]2CC[C@]3(C)[C@H](CC=C4[C@@H]5[C@@H](C)[C@H](C)CC[C@]5(C(=O)O)CC[C@]43C)[C@@]2(C)C[C@@H](OC(C)=O)[C@@H]1O. The second kappa shape index (κ2) is 9.82. The summed E-state index contributed by atoms with van der Waals surface area (Å²) >= 11 is 0. The fraction of sp³-hybridized carbons (Fsp3) is 0.853. The minimum atomic E-state index is -0.936. The van der Waals surface area contributed by atoms with Crippen LogP contribution < -0.4 is 0 Å². The molecule has 0 bridgehead atoms. The summed E-state index contributed by atoms with van der Waals surface area (Å²) in [5, 5.41) is 22.3. The highest BCUT2D eigenvalue weighted by Crippen LogP contribution is 2.76. The van der Waals surface area contributed by atoms with E-state index in [0.717, 1.165) is 38.5 Å². The summed E-state index contributed by atoms with van der Waals surface area (Å²) < 4.78 is 11.4. The van der Waals surface area contributed by atoms with Crippen molar-refractivity contribution in [3.05, 3.63) is 11.6 Å². The number of hydrogen-bond acceptors (Lipinski definition) is 6. The van der Waals surface area contributed by atoms with Crippen molar-refractivity contribution in [2.45, 2.75) is 119 Å². The number of fused-ring (bicyclic) bond motifs is 7. The summed E-state index contributed by atoms with van der Waals surface area (Å²) in [6.07, 6.45) is 7.32. The van der Waals surface area contributed by atoms with Crippen LogP contribution in [-0.2, 0) is 23.9 Å². The lowest BCUT2D eigenvalue weighted by atomic mass is 9.33. The Hall–Kier alpha value is -1.89. The smallest absolute Gasteiger partial charge is 0.310 e. The van der Waals surface area contributed by atoms with Crippen molar-refractivity contribution in [1.29, 1.82) is 0 Å². The fourth-order valence-corrected chi connectivity index (χ4v) is 11.5. The van der Waals surface area contributed by atoms with E-state index in [1.807, 2.05) is 6.92 Å². The van der Waals surface area contributed by atoms with E-state index < -0.39 is 35.0 Å². The molecule has 12 atom stereocenters. The van der Waals surface area contributed by atoms with Gasteiger partial charge in [-0.15, -0.1) is 0 Å². The van der Waals surface area contributed by atoms with Crippen molar-refractivity contribution < 1.29 is 34.1 Å². The Morgan fingerprint density at radius 1 is 0.951 bits per heavy atom. The van der Waals surface area contributed by atoms with E-state index in [4.69, 9.17) is 9.47 Å². The van der Waals surface area contributed by atoms with Crippen LogP contribution in [0.5, 0.6) is 0 Å². The predicted octanol–water partition coefficient (Wildman–Crippen LogP) is 6.17. The van der Waals surface area contributed by atoms with E-state index in [1.54, 1.807) is 0 Å². The third-order valence-electron chi connectivity index (χ3n) is 14.0. The molecule has 0 spiro atoms. The van der Waals surface area contributed by atoms with Crippen molar-refractivity contribution in [3.8, 4) is 0 Å². The topological polar surface area (TPSA) is 110 Å². The van der Waals surface area contributed by atoms with Gasteiger partial charge in [0.15, 0.2) is 0 Å². The van der Waals surface area contributed by atoms with Crippen LogP contribution in [0, 0.1) is 56.7 Å². The number of carbonyl (C=O) groups is 3. The molecule has 0 saturated heterocycles. The zero-order chi connectivity index (χ0) is 30.3. The van der Waals surface area contributed by atoms with E-state index >= 15 is 0 Å². The first-order valence-corrected chi connectivity index (χ1v) is 15.9. The number of rotatable bonds is 4. The number of carbonyl (C=O) groups excluding carboxylic acids is 2. The summed E-state index contributed by atoms with van der Waals surface area (Å²) in [5.41, 5.74) is -0.570. The highest BCUT2D eigenvalue weighted by Gasteiger charge is 2.71. The van der Waals surface area contributed by atoms with Crippen LogP contribution in [0.2, 0.25) is 0 Å². The monoisotopic (exact) mass is 572 g/mol. The minimum Gasteiger partial charge on any atom is -0.481 e. The zero-order valence-electron chi connectivity index (χ0n) is 26.4. The number of allylic oxidation sites excluding steroid dienone is 2. The molecule has 0 unspecified atom stereocenters. The number of hydrogen-bond donors (Lipinski definition) is 2. The Morgan fingerprint density at radius 2 is 1.63 bits per heavy atom. The highest BCUT2D eigenvalue weighted by molar-refractivity contribution is 5.76. The lowest BCUT2D eigenvalue weighted by Gasteiger charge is -2.71. The maximum Gasteiger partial charge on any atom is 0.310 e. The van der Waals surface area contributed by atoms with Crippen LogP contribution in [0.1, 0.15) is 107 Å². The molecule has 5 aliphatic rings. The second-order valence-electron chi connectivity index (χ2n) is 15.7. The Kier molecular flexibility index (Phi) is 7.32. The van der Waals surface area contributed by atoms with Gasteiger partial charge in [0.2, 0.25) is 0 Å². The number of aliphatic carboxylic acids is 1. The van der Waals surface area contributed by atoms with Crippen LogP contribution in [0.4, 0.5) is 0 Å². The number of carboxylic acid groups (broad SMARTS) is 1. The average molecular weight is 573 g/mol. The molecule has 230 valence electrons. The van der Waals surface area contributed by atoms with Crippen molar-refractivity contribution in [1.82, 2.24) is 0 Å². The predicted molar refractivity (Wildman–Crippen MR) is 155 cm³/mol. The molecule has 0 aliphatic heterocycles. The molecule has 0 heterocycles. The van der Waals surface area contributed by atoms with Crippen LogP contribution in [0.3, 0.4) is 0 Å². The van der Waals surface area contributed by atoms with Gasteiger partial charge in [-0.3, -0.25) is 14.4 Å². The van der Waals surface area contributed by atoms with Gasteiger partial charge in [-0.1, -0.05) is 53.2 Å². The molecule has 7 nitrogen and oxygen atoms in total. The lowest BCUT2D eigenvalue weighted by molar-refractivity contribution is -0.250. The largest absolute Gasteiger partial charge is 0.481 e. The van der Waals surface area contributed by atoms with Crippen molar-refractivity contribution in [3.63, 3.8) is 0 Å². The number of aliphatic hydroxyl groups is 1. The van der Waals surface area contributed by atoms with Gasteiger partial charge >= 0.3 is 17.9 Å². The first kappa shape index (κ1) is 30.6. The average Bonchev–Trinajstić information content (AvgIpc) is 2.88. The first-order valence-electron chi connectivity index (χ1n) is 15.9. The summed E-state index contributed by atoms with van der Waals surface area (Å²) in [7, 11) is 0. The van der Waals surface area contributed by atoms with E-state index in [1.165, 1.54) is 19.4 Å². The number of esters is 2. The van der Waals surface area contributed by atoms with E-state index in [9.17, 15) is 24.6 Å². The Morgan fingerprint density at radius 3 is 2.24 bits per heavy atom. The standard InChI is InChI=1S/C34H52O7/c1-19-11-14-34(29(38)39)16-15-32(7)23(27(34)20(19)2)9-10-26-30(5)17-24(41-22(4)36)28(37)31(6,18-40-21(3)35)25(30)12-13-33(26,32)8/h9,19-20,24-28,37H,10-18H2,1-8H3,(H,38,39)/t19-,20+,24-,25+,26-,27+,28+,30+,31+,32-,33-,34+/m1/s1. The number of carboxylic acids is 1. The van der Waals surface area contributed by atoms with Gasteiger partial charge in [0.25, 0.3) is 0 Å². The Labute approximate surface area is 245 Å². The third-order valence-corrected chi connectivity index (χ3v) is 14.0. The number of ether oxygens (including phenoxy) is 2. The third kappa shape index (κ3) is 4.10. The molecule has 0 aromatic carbocycles. The molecular formula is C34H52O7. The van der Waals surface area contributed by atoms with Gasteiger partial charge in [-0.2, -0.15) is 0 Å². The molecule has 7 heteroatoms. The van der Waals surface area contributed by atoms with Crippen LogP contribution in [-0.4, -0.2) is 46.9 Å². The minimum absolute atomic E-state index is 0.0435. The Bertz CT molecular complexity index is 1150. The molecular weight excluding hydrogens is 520 g/mol. The van der Waals surface area contributed by atoms with Crippen LogP contribution in [0.15, 0.2) is 11.6 Å². The van der Waals surface area contributed by atoms with Crippen molar-refractivity contribution in [2.24, 2.45) is 56.7 Å². The molecule has 2 N–H and O–H groups in total. The molecule has 5 rings (SSSR count). The quantitative estimate of drug-likeness (QED) is 0.306. The van der Waals surface area contributed by atoms with Gasteiger partial charge in [-0.25, -0.2) is 0 Å². The lowest BCUT2D eigenvalue weighted by Crippen LogP contribution is -2.68. The summed E-state index contributed by atoms with van der Waals surface area (Å²) in [6, 6.07) is 0. The van der Waals surface area contributed by atoms with E-state index in [-0.39, 0.29) is 46.6 Å². The fourth-order valence-electron chi connectivity index (χ4n) is 11.5.